The van der Waals surface area contributed by atoms with E-state index in [4.69, 9.17) is 0 Å². The Labute approximate surface area is 133 Å². The van der Waals surface area contributed by atoms with Crippen molar-refractivity contribution in [3.63, 3.8) is 0 Å². The first kappa shape index (κ1) is 14.1. The molecule has 0 aliphatic carbocycles. The van der Waals surface area contributed by atoms with E-state index in [2.05, 4.69) is 60.7 Å². The number of hydrogen-bond acceptors (Lipinski definition) is 5. The predicted molar refractivity (Wildman–Crippen MR) is 96.3 cm³/mol. The first-order valence-corrected chi connectivity index (χ1v) is 11.7. The first-order valence-electron chi connectivity index (χ1n) is 5.84. The summed E-state index contributed by atoms with van der Waals surface area (Å²) in [5.41, 5.74) is 2.82. The van der Waals surface area contributed by atoms with E-state index in [9.17, 15) is 0 Å². The van der Waals surface area contributed by atoms with Gasteiger partial charge in [0.05, 0.1) is 9.16 Å². The van der Waals surface area contributed by atoms with Crippen molar-refractivity contribution in [1.29, 1.82) is 0 Å². The van der Waals surface area contributed by atoms with E-state index in [-0.39, 0.29) is 0 Å². The van der Waals surface area contributed by atoms with Gasteiger partial charge in [0.15, 0.2) is 0 Å². The smallest absolute Gasteiger partial charge is 0.0724 e. The summed E-state index contributed by atoms with van der Waals surface area (Å²) in [4.78, 5) is 0. The maximum Gasteiger partial charge on any atom is 0.0967 e. The van der Waals surface area contributed by atoms with E-state index in [1.807, 2.05) is 53.0 Å². The molecule has 1 aliphatic heterocycles. The quantitative estimate of drug-likeness (QED) is 0.549. The Bertz CT molecular complexity index is 454. The maximum absolute atomic E-state index is 2.22. The Morgan fingerprint density at radius 1 is 0.526 bits per heavy atom. The molecule has 1 fully saturated rings. The Morgan fingerprint density at radius 3 is 1.37 bits per heavy atom. The molecule has 2 aromatic rings. The van der Waals surface area contributed by atoms with Crippen LogP contribution in [0.4, 0.5) is 0 Å². The predicted octanol–water partition coefficient (Wildman–Crippen LogP) is 6.81. The van der Waals surface area contributed by atoms with Gasteiger partial charge in [-0.3, -0.25) is 0 Å². The molecule has 0 aromatic heterocycles. The van der Waals surface area contributed by atoms with Gasteiger partial charge in [-0.05, 0) is 21.0 Å². The molecule has 2 aromatic carbocycles. The Morgan fingerprint density at radius 2 is 0.947 bits per heavy atom. The zero-order valence-corrected chi connectivity index (χ0v) is 14.1. The van der Waals surface area contributed by atoms with E-state index >= 15 is 0 Å². The molecule has 0 N–H and O–H groups in total. The van der Waals surface area contributed by atoms with E-state index in [1.54, 1.807) is 0 Å². The van der Waals surface area contributed by atoms with E-state index in [1.165, 1.54) is 11.1 Å². The van der Waals surface area contributed by atoms with Gasteiger partial charge >= 0.3 is 0 Å². The van der Waals surface area contributed by atoms with Crippen LogP contribution in [0.1, 0.15) is 20.3 Å². The Balaban J connectivity index is 1.69. The first-order chi connectivity index (χ1) is 9.43. The summed E-state index contributed by atoms with van der Waals surface area (Å²) in [6, 6.07) is 21.5. The molecule has 1 aliphatic rings. The molecular weight excluding hydrogens is 328 g/mol. The highest BCUT2D eigenvalue weighted by molar-refractivity contribution is 9.12. The van der Waals surface area contributed by atoms with E-state index < -0.39 is 0 Å². The molecule has 0 radical (unpaired) electrons. The van der Waals surface area contributed by atoms with Crippen LogP contribution in [0.25, 0.3) is 0 Å². The third-order valence-corrected chi connectivity index (χ3v) is 11.8. The molecule has 0 amide bonds. The van der Waals surface area contributed by atoms with Crippen molar-refractivity contribution in [1.82, 2.24) is 0 Å². The highest BCUT2D eigenvalue weighted by Gasteiger charge is 2.24. The van der Waals surface area contributed by atoms with Gasteiger partial charge in [-0.15, -0.1) is 0 Å². The average molecular weight is 341 g/mol. The number of hydrogen-bond donors (Lipinski definition) is 0. The van der Waals surface area contributed by atoms with Crippen LogP contribution in [0.15, 0.2) is 60.7 Å². The van der Waals surface area contributed by atoms with Crippen LogP contribution in [0.5, 0.6) is 0 Å². The third-order valence-electron chi connectivity index (χ3n) is 2.63. The summed E-state index contributed by atoms with van der Waals surface area (Å²) in [5, 5.41) is 0. The standard InChI is InChI=1S/C14H12S5/c1-3-7-11(8-4-1)13-15-16-14(18-19-17-13)12-9-5-2-6-10-12/h1-10,13-14H. The fraction of sp³-hybridized carbons (Fsp3) is 0.143. The molecule has 5 heteroatoms. The molecule has 1 saturated heterocycles. The molecule has 0 bridgehead atoms. The second-order valence-electron chi connectivity index (χ2n) is 3.94. The summed E-state index contributed by atoms with van der Waals surface area (Å²) in [5.74, 6) is 0. The SMILES string of the molecule is c1ccc(C2SSSC(c3ccccc3)SS2)cc1. The van der Waals surface area contributed by atoms with E-state index in [0.29, 0.717) is 9.16 Å². The summed E-state index contributed by atoms with van der Waals surface area (Å²) in [7, 11) is 9.78. The fourth-order valence-electron chi connectivity index (χ4n) is 1.67. The number of rotatable bonds is 2. The highest BCUT2D eigenvalue weighted by atomic mass is 33.5. The molecule has 1 heterocycles. The van der Waals surface area contributed by atoms with Crippen LogP contribution < -0.4 is 0 Å². The van der Waals surface area contributed by atoms with Gasteiger partial charge in [0.1, 0.15) is 0 Å². The summed E-state index contributed by atoms with van der Waals surface area (Å²) >= 11 is 0. The van der Waals surface area contributed by atoms with Crippen LogP contribution >= 0.6 is 53.0 Å². The molecule has 2 unspecified atom stereocenters. The highest BCUT2D eigenvalue weighted by Crippen LogP contribution is 2.66. The lowest BCUT2D eigenvalue weighted by atomic mass is 10.2. The number of benzene rings is 2. The van der Waals surface area contributed by atoms with Crippen LogP contribution in [0, 0.1) is 0 Å². The Kier molecular flexibility index (Phi) is 5.41. The molecular formula is C14H12S5. The zero-order valence-electron chi connectivity index (χ0n) is 9.97. The van der Waals surface area contributed by atoms with Crippen molar-refractivity contribution in [2.45, 2.75) is 9.16 Å². The van der Waals surface area contributed by atoms with Gasteiger partial charge in [-0.2, -0.15) is 0 Å². The Hall–Kier alpha value is 0.190. The van der Waals surface area contributed by atoms with Crippen LogP contribution in [-0.2, 0) is 0 Å². The molecule has 0 spiro atoms. The lowest BCUT2D eigenvalue weighted by Gasteiger charge is -2.12. The van der Waals surface area contributed by atoms with Crippen LogP contribution in [0.3, 0.4) is 0 Å². The maximum atomic E-state index is 2.22. The van der Waals surface area contributed by atoms with Crippen molar-refractivity contribution in [3.8, 4) is 0 Å². The second-order valence-corrected chi connectivity index (χ2v) is 11.3. The lowest BCUT2D eigenvalue weighted by molar-refractivity contribution is 1.39. The minimum Gasteiger partial charge on any atom is -0.0724 e. The fourth-order valence-corrected chi connectivity index (χ4v) is 12.4. The van der Waals surface area contributed by atoms with Gasteiger partial charge in [0.25, 0.3) is 0 Å². The average Bonchev–Trinajstić information content (AvgIpc) is 2.75. The summed E-state index contributed by atoms with van der Waals surface area (Å²) in [6.45, 7) is 0. The van der Waals surface area contributed by atoms with Crippen molar-refractivity contribution < 1.29 is 0 Å². The van der Waals surface area contributed by atoms with Crippen molar-refractivity contribution in [2.24, 2.45) is 0 Å². The van der Waals surface area contributed by atoms with Gasteiger partial charge in [-0.25, -0.2) is 0 Å². The summed E-state index contributed by atoms with van der Waals surface area (Å²) in [6.07, 6.45) is 0. The van der Waals surface area contributed by atoms with Gasteiger partial charge < -0.3 is 0 Å². The van der Waals surface area contributed by atoms with E-state index in [0.717, 1.165) is 0 Å². The molecule has 3 rings (SSSR count). The molecule has 0 saturated carbocycles. The topological polar surface area (TPSA) is 0 Å². The minimum atomic E-state index is 0.511. The van der Waals surface area contributed by atoms with Crippen molar-refractivity contribution in [2.75, 3.05) is 0 Å². The molecule has 19 heavy (non-hydrogen) atoms. The van der Waals surface area contributed by atoms with Gasteiger partial charge in [0, 0.05) is 0 Å². The van der Waals surface area contributed by atoms with Crippen LogP contribution in [-0.4, -0.2) is 0 Å². The second kappa shape index (κ2) is 7.27. The third kappa shape index (κ3) is 3.85. The van der Waals surface area contributed by atoms with Gasteiger partial charge in [0.2, 0.25) is 0 Å². The van der Waals surface area contributed by atoms with Crippen molar-refractivity contribution in [3.05, 3.63) is 71.8 Å². The zero-order chi connectivity index (χ0) is 12.9. The minimum absolute atomic E-state index is 0.511. The monoisotopic (exact) mass is 340 g/mol. The summed E-state index contributed by atoms with van der Waals surface area (Å²) < 4.78 is 1.02. The van der Waals surface area contributed by atoms with Gasteiger partial charge in [-0.1, -0.05) is 104 Å². The molecule has 0 nitrogen and oxygen atoms in total. The molecule has 2 atom stereocenters. The largest absolute Gasteiger partial charge is 0.0967 e. The lowest BCUT2D eigenvalue weighted by Crippen LogP contribution is -1.85. The van der Waals surface area contributed by atoms with Crippen LogP contribution in [0.2, 0.25) is 0 Å². The normalized spacial score (nSPS) is 23.8. The van der Waals surface area contributed by atoms with Crippen molar-refractivity contribution >= 4 is 53.0 Å². The molecule has 98 valence electrons.